The lowest BCUT2D eigenvalue weighted by atomic mass is 9.43. The molecule has 4 fully saturated rings. The molecule has 4 aliphatic heterocycles. The van der Waals surface area contributed by atoms with Crippen LogP contribution in [0.2, 0.25) is 0 Å². The van der Waals surface area contributed by atoms with Gasteiger partial charge in [-0.2, -0.15) is 0 Å². The minimum Gasteiger partial charge on any atom is -0.468 e. The van der Waals surface area contributed by atoms with Crippen LogP contribution in [0.3, 0.4) is 0 Å². The SMILES string of the molecule is C/C=C1/CN2CC[C@@]34c5ccccc5N(C)[C@]35OC[C@]4(C(=O)OC)[C@H]1C[C@H]25. The van der Waals surface area contributed by atoms with Gasteiger partial charge in [-0.3, -0.25) is 9.69 Å². The molecule has 1 aromatic rings. The van der Waals surface area contributed by atoms with Crippen molar-refractivity contribution >= 4 is 11.7 Å². The summed E-state index contributed by atoms with van der Waals surface area (Å²) < 4.78 is 12.3. The van der Waals surface area contributed by atoms with E-state index in [-0.39, 0.29) is 17.3 Å². The number of benzene rings is 1. The molecule has 1 aliphatic carbocycles. The molecule has 5 nitrogen and oxygen atoms in total. The Morgan fingerprint density at radius 2 is 2.19 bits per heavy atom. The molecule has 0 N–H and O–H groups in total. The average Bonchev–Trinajstić information content (AvgIpc) is 3.09. The Morgan fingerprint density at radius 1 is 1.37 bits per heavy atom. The van der Waals surface area contributed by atoms with Crippen LogP contribution in [0.1, 0.15) is 25.3 Å². The Morgan fingerprint density at radius 3 is 2.96 bits per heavy atom. The number of esters is 1. The van der Waals surface area contributed by atoms with Crippen molar-refractivity contribution in [1.82, 2.24) is 4.90 Å². The molecule has 5 atom stereocenters. The van der Waals surface area contributed by atoms with Gasteiger partial charge in [0.2, 0.25) is 0 Å². The molecule has 27 heavy (non-hydrogen) atoms. The zero-order valence-corrected chi connectivity index (χ0v) is 16.2. The van der Waals surface area contributed by atoms with Gasteiger partial charge in [-0.15, -0.1) is 0 Å². The van der Waals surface area contributed by atoms with Crippen LogP contribution in [0, 0.1) is 11.3 Å². The van der Waals surface area contributed by atoms with Gasteiger partial charge < -0.3 is 14.4 Å². The molecule has 3 saturated heterocycles. The number of nitrogens with zero attached hydrogens (tertiary/aromatic N) is 2. The van der Waals surface area contributed by atoms with E-state index >= 15 is 0 Å². The minimum absolute atomic E-state index is 0.0902. The topological polar surface area (TPSA) is 42.0 Å². The second-order valence-electron chi connectivity index (χ2n) is 8.82. The van der Waals surface area contributed by atoms with Gasteiger partial charge in [-0.05, 0) is 31.4 Å². The second-order valence-corrected chi connectivity index (χ2v) is 8.82. The molecule has 0 unspecified atom stereocenters. The van der Waals surface area contributed by atoms with E-state index in [0.717, 1.165) is 25.9 Å². The fraction of sp³-hybridized carbons (Fsp3) is 0.591. The van der Waals surface area contributed by atoms with Gasteiger partial charge in [0.15, 0.2) is 5.72 Å². The lowest BCUT2D eigenvalue weighted by Crippen LogP contribution is -2.80. The maximum atomic E-state index is 13.6. The molecule has 5 heteroatoms. The first kappa shape index (κ1) is 16.1. The van der Waals surface area contributed by atoms with Crippen LogP contribution in [0.5, 0.6) is 0 Å². The molecule has 1 saturated carbocycles. The van der Waals surface area contributed by atoms with Crippen LogP contribution in [0.4, 0.5) is 5.69 Å². The number of allylic oxidation sites excluding steroid dienone is 1. The molecule has 6 rings (SSSR count). The summed E-state index contributed by atoms with van der Waals surface area (Å²) in [5, 5.41) is 0. The van der Waals surface area contributed by atoms with Gasteiger partial charge in [0.05, 0.1) is 25.2 Å². The van der Waals surface area contributed by atoms with E-state index in [1.807, 2.05) is 0 Å². The predicted molar refractivity (Wildman–Crippen MR) is 101 cm³/mol. The molecule has 142 valence electrons. The highest BCUT2D eigenvalue weighted by atomic mass is 16.6. The summed E-state index contributed by atoms with van der Waals surface area (Å²) in [5.74, 6) is 0.0966. The van der Waals surface area contributed by atoms with Crippen LogP contribution in [-0.2, 0) is 19.7 Å². The molecule has 0 radical (unpaired) electrons. The van der Waals surface area contributed by atoms with Crippen molar-refractivity contribution in [2.75, 3.05) is 38.8 Å². The van der Waals surface area contributed by atoms with Crippen molar-refractivity contribution in [2.24, 2.45) is 11.3 Å². The first-order valence-electron chi connectivity index (χ1n) is 10.0. The molecule has 0 aromatic heterocycles. The number of hydrogen-bond donors (Lipinski definition) is 0. The molecular weight excluding hydrogens is 340 g/mol. The highest BCUT2D eigenvalue weighted by molar-refractivity contribution is 5.86. The van der Waals surface area contributed by atoms with Gasteiger partial charge in [-0.25, -0.2) is 0 Å². The summed E-state index contributed by atoms with van der Waals surface area (Å²) in [6.45, 7) is 4.50. The summed E-state index contributed by atoms with van der Waals surface area (Å²) in [4.78, 5) is 18.5. The van der Waals surface area contributed by atoms with Crippen molar-refractivity contribution < 1.29 is 14.3 Å². The van der Waals surface area contributed by atoms with Crippen LogP contribution in [-0.4, -0.2) is 56.5 Å². The molecule has 4 heterocycles. The number of piperidine rings is 2. The van der Waals surface area contributed by atoms with E-state index in [9.17, 15) is 4.79 Å². The fourth-order valence-corrected chi connectivity index (χ4v) is 7.75. The third-order valence-corrected chi connectivity index (χ3v) is 8.59. The Bertz CT molecular complexity index is 897. The number of ether oxygens (including phenoxy) is 2. The summed E-state index contributed by atoms with van der Waals surface area (Å²) in [7, 11) is 3.70. The van der Waals surface area contributed by atoms with Gasteiger partial charge in [0.25, 0.3) is 0 Å². The number of likely N-dealkylation sites (N-methyl/N-ethyl adjacent to an activating group) is 1. The van der Waals surface area contributed by atoms with Crippen molar-refractivity contribution in [1.29, 1.82) is 0 Å². The van der Waals surface area contributed by atoms with Crippen LogP contribution in [0.25, 0.3) is 0 Å². The summed E-state index contributed by atoms with van der Waals surface area (Å²) in [5.41, 5.74) is 2.40. The first-order valence-corrected chi connectivity index (χ1v) is 10.0. The number of anilines is 1. The minimum atomic E-state index is -0.645. The van der Waals surface area contributed by atoms with E-state index in [1.54, 1.807) is 0 Å². The van der Waals surface area contributed by atoms with Crippen molar-refractivity contribution in [3.05, 3.63) is 41.5 Å². The normalized spacial score (nSPS) is 45.1. The maximum absolute atomic E-state index is 13.6. The molecule has 0 amide bonds. The van der Waals surface area contributed by atoms with Crippen molar-refractivity contribution in [3.8, 4) is 0 Å². The molecule has 5 bridgehead atoms. The Balaban J connectivity index is 1.75. The van der Waals surface area contributed by atoms with Crippen molar-refractivity contribution in [2.45, 2.75) is 36.9 Å². The monoisotopic (exact) mass is 366 g/mol. The second kappa shape index (κ2) is 4.76. The van der Waals surface area contributed by atoms with E-state index < -0.39 is 11.1 Å². The largest absolute Gasteiger partial charge is 0.468 e. The third kappa shape index (κ3) is 1.34. The molecule has 5 aliphatic rings. The van der Waals surface area contributed by atoms with Gasteiger partial charge in [0, 0.05) is 31.7 Å². The first-order chi connectivity index (χ1) is 13.1. The highest BCUT2D eigenvalue weighted by Crippen LogP contribution is 2.76. The predicted octanol–water partition coefficient (Wildman–Crippen LogP) is 2.31. The Kier molecular flexibility index (Phi) is 2.84. The van der Waals surface area contributed by atoms with Gasteiger partial charge in [-0.1, -0.05) is 29.8 Å². The summed E-state index contributed by atoms with van der Waals surface area (Å²) in [6.07, 6.45) is 4.13. The maximum Gasteiger partial charge on any atom is 0.315 e. The van der Waals surface area contributed by atoms with Crippen LogP contribution >= 0.6 is 0 Å². The number of carbonyl (C=O) groups is 1. The Hall–Kier alpha value is -1.85. The fourth-order valence-electron chi connectivity index (χ4n) is 7.75. The number of carbonyl (C=O) groups excluding carboxylic acids is 1. The zero-order chi connectivity index (χ0) is 18.6. The number of para-hydroxylation sites is 1. The standard InChI is InChI=1S/C22H26N2O3/c1-4-14-12-24-10-9-21-15-7-5-6-8-17(15)23(2)22(21)18(24)11-16(14)20(21,13-27-22)19(25)26-3/h4-8,16,18H,9-13H2,1-3H3/b14-4-/t16-,18-,20+,21-,22+/m0/s1. The smallest absolute Gasteiger partial charge is 0.315 e. The van der Waals surface area contributed by atoms with Crippen molar-refractivity contribution in [3.63, 3.8) is 0 Å². The number of methoxy groups -OCH3 is 1. The molecular formula is C22H26N2O3. The summed E-state index contributed by atoms with van der Waals surface area (Å²) >= 11 is 0. The lowest BCUT2D eigenvalue weighted by molar-refractivity contribution is -0.183. The Labute approximate surface area is 159 Å². The van der Waals surface area contributed by atoms with Crippen LogP contribution in [0.15, 0.2) is 35.9 Å². The third-order valence-electron chi connectivity index (χ3n) is 8.59. The van der Waals surface area contributed by atoms with Crippen LogP contribution < -0.4 is 4.90 Å². The van der Waals surface area contributed by atoms with E-state index in [1.165, 1.54) is 23.9 Å². The average molecular weight is 366 g/mol. The number of rotatable bonds is 1. The lowest BCUT2D eigenvalue weighted by Gasteiger charge is -2.66. The van der Waals surface area contributed by atoms with E-state index in [4.69, 9.17) is 9.47 Å². The van der Waals surface area contributed by atoms with Gasteiger partial charge in [0.1, 0.15) is 5.41 Å². The number of fused-ring (bicyclic) bond motifs is 3. The van der Waals surface area contributed by atoms with E-state index in [0.29, 0.717) is 12.6 Å². The van der Waals surface area contributed by atoms with Gasteiger partial charge >= 0.3 is 5.97 Å². The number of hydrogen-bond acceptors (Lipinski definition) is 5. The highest BCUT2D eigenvalue weighted by Gasteiger charge is 2.86. The molecule has 0 spiro atoms. The summed E-state index contributed by atoms with van der Waals surface area (Å²) in [6, 6.07) is 8.92. The zero-order valence-electron chi connectivity index (χ0n) is 16.2. The quantitative estimate of drug-likeness (QED) is 0.564. The van der Waals surface area contributed by atoms with E-state index in [2.05, 4.69) is 54.1 Å². The molecule has 1 aromatic carbocycles.